The zero-order chi connectivity index (χ0) is 27.6. The van der Waals surface area contributed by atoms with E-state index in [9.17, 15) is 13.5 Å². The van der Waals surface area contributed by atoms with Gasteiger partial charge in [-0.25, -0.2) is 8.42 Å². The van der Waals surface area contributed by atoms with E-state index in [1.807, 2.05) is 49.4 Å². The highest BCUT2D eigenvalue weighted by atomic mass is 32.2. The summed E-state index contributed by atoms with van der Waals surface area (Å²) in [6, 6.07) is 24.6. The predicted molar refractivity (Wildman–Crippen MR) is 149 cm³/mol. The molecule has 0 amide bonds. The largest absolute Gasteiger partial charge is 0.507 e. The van der Waals surface area contributed by atoms with E-state index >= 15 is 0 Å². The maximum absolute atomic E-state index is 14.1. The number of phenols is 1. The molecular formula is C31H31NO6S. The topological polar surface area (TPSA) is 85.3 Å². The molecule has 0 fully saturated rings. The third-order valence-corrected chi connectivity index (χ3v) is 8.94. The van der Waals surface area contributed by atoms with Gasteiger partial charge in [0.15, 0.2) is 11.5 Å². The minimum atomic E-state index is -3.96. The van der Waals surface area contributed by atoms with Crippen molar-refractivity contribution < 1.29 is 27.7 Å². The fourth-order valence-electron chi connectivity index (χ4n) is 4.93. The average Bonchev–Trinajstić information content (AvgIpc) is 2.95. The molecule has 1 atom stereocenters. The van der Waals surface area contributed by atoms with Crippen molar-refractivity contribution >= 4 is 10.0 Å². The molecule has 1 heterocycles. The Morgan fingerprint density at radius 2 is 1.67 bits per heavy atom. The van der Waals surface area contributed by atoms with Gasteiger partial charge in [-0.1, -0.05) is 60.2 Å². The van der Waals surface area contributed by atoms with Crippen LogP contribution >= 0.6 is 0 Å². The Labute approximate surface area is 229 Å². The fraction of sp³-hybridized carbons (Fsp3) is 0.226. The van der Waals surface area contributed by atoms with E-state index in [1.54, 1.807) is 43.5 Å². The van der Waals surface area contributed by atoms with Gasteiger partial charge in [-0.05, 0) is 48.7 Å². The summed E-state index contributed by atoms with van der Waals surface area (Å²) in [5.41, 5.74) is 4.11. The molecule has 8 heteroatoms. The Kier molecular flexibility index (Phi) is 7.50. The number of fused-ring (bicyclic) bond motifs is 1. The number of rotatable bonds is 8. The van der Waals surface area contributed by atoms with Crippen LogP contribution in [0.3, 0.4) is 0 Å². The lowest BCUT2D eigenvalue weighted by atomic mass is 9.90. The number of methoxy groups -OCH3 is 2. The van der Waals surface area contributed by atoms with Crippen LogP contribution < -0.4 is 14.2 Å². The third kappa shape index (κ3) is 5.30. The Bertz CT molecular complexity index is 1570. The molecule has 0 saturated heterocycles. The van der Waals surface area contributed by atoms with E-state index in [1.165, 1.54) is 17.5 Å². The average molecular weight is 546 g/mol. The van der Waals surface area contributed by atoms with E-state index in [0.717, 1.165) is 22.3 Å². The van der Waals surface area contributed by atoms with Crippen LogP contribution in [-0.4, -0.2) is 32.0 Å². The molecule has 0 saturated carbocycles. The number of benzene rings is 4. The second-order valence-corrected chi connectivity index (χ2v) is 11.4. The molecule has 7 nitrogen and oxygen atoms in total. The Morgan fingerprint density at radius 3 is 2.33 bits per heavy atom. The molecule has 4 aromatic rings. The summed E-state index contributed by atoms with van der Waals surface area (Å²) in [6.45, 7) is 2.26. The highest BCUT2D eigenvalue weighted by Gasteiger charge is 2.39. The summed E-state index contributed by atoms with van der Waals surface area (Å²) in [4.78, 5) is 0.184. The van der Waals surface area contributed by atoms with Gasteiger partial charge in [-0.15, -0.1) is 0 Å². The number of aryl methyl sites for hydroxylation is 1. The van der Waals surface area contributed by atoms with Crippen LogP contribution in [0.5, 0.6) is 23.0 Å². The van der Waals surface area contributed by atoms with Gasteiger partial charge in [0.05, 0.1) is 25.2 Å². The van der Waals surface area contributed by atoms with Crippen LogP contribution in [0.15, 0.2) is 89.8 Å². The van der Waals surface area contributed by atoms with Crippen molar-refractivity contribution in [2.24, 2.45) is 0 Å². The van der Waals surface area contributed by atoms with E-state index in [4.69, 9.17) is 14.2 Å². The van der Waals surface area contributed by atoms with Crippen molar-refractivity contribution in [3.05, 3.63) is 113 Å². The van der Waals surface area contributed by atoms with Gasteiger partial charge in [0, 0.05) is 23.7 Å². The van der Waals surface area contributed by atoms with Gasteiger partial charge in [0.2, 0.25) is 10.0 Å². The number of nitrogens with zero attached hydrogens (tertiary/aromatic N) is 1. The summed E-state index contributed by atoms with van der Waals surface area (Å²) in [5, 5.41) is 10.9. The van der Waals surface area contributed by atoms with Crippen LogP contribution in [0.4, 0.5) is 0 Å². The summed E-state index contributed by atoms with van der Waals surface area (Å²) in [5.74, 6) is 1.51. The highest BCUT2D eigenvalue weighted by Crippen LogP contribution is 2.46. The number of phenolic OH excluding ortho intramolecular Hbond substituents is 1. The lowest BCUT2D eigenvalue weighted by Gasteiger charge is -2.37. The van der Waals surface area contributed by atoms with Crippen molar-refractivity contribution in [3.8, 4) is 23.0 Å². The maximum atomic E-state index is 14.1. The molecule has 1 aliphatic rings. The minimum absolute atomic E-state index is 0.0269. The van der Waals surface area contributed by atoms with Gasteiger partial charge in [0.25, 0.3) is 0 Å². The summed E-state index contributed by atoms with van der Waals surface area (Å²) >= 11 is 0. The third-order valence-electron chi connectivity index (χ3n) is 7.07. The molecular weight excluding hydrogens is 514 g/mol. The van der Waals surface area contributed by atoms with Crippen LogP contribution in [0.2, 0.25) is 0 Å². The highest BCUT2D eigenvalue weighted by molar-refractivity contribution is 7.89. The molecule has 1 unspecified atom stereocenters. The second-order valence-electron chi connectivity index (χ2n) is 9.52. The van der Waals surface area contributed by atoms with Crippen molar-refractivity contribution in [2.45, 2.75) is 37.4 Å². The van der Waals surface area contributed by atoms with Gasteiger partial charge >= 0.3 is 0 Å². The molecule has 1 aliphatic heterocycles. The van der Waals surface area contributed by atoms with E-state index < -0.39 is 16.1 Å². The molecule has 0 bridgehead atoms. The fourth-order valence-corrected chi connectivity index (χ4v) is 6.50. The molecule has 0 aromatic heterocycles. The lowest BCUT2D eigenvalue weighted by Crippen LogP contribution is -2.39. The van der Waals surface area contributed by atoms with Gasteiger partial charge in [-0.2, -0.15) is 4.31 Å². The molecule has 0 radical (unpaired) electrons. The monoisotopic (exact) mass is 545 g/mol. The molecule has 4 aromatic carbocycles. The molecule has 39 heavy (non-hydrogen) atoms. The van der Waals surface area contributed by atoms with Gasteiger partial charge in [0.1, 0.15) is 18.1 Å². The Balaban J connectivity index is 1.62. The van der Waals surface area contributed by atoms with Crippen LogP contribution in [0, 0.1) is 6.92 Å². The van der Waals surface area contributed by atoms with Crippen molar-refractivity contribution in [2.75, 3.05) is 14.2 Å². The first kappa shape index (κ1) is 26.6. The van der Waals surface area contributed by atoms with E-state index in [2.05, 4.69) is 0 Å². The molecule has 0 aliphatic carbocycles. The Hall–Kier alpha value is -4.01. The molecule has 1 N–H and O–H groups in total. The van der Waals surface area contributed by atoms with Crippen LogP contribution in [-0.2, 0) is 29.6 Å². The zero-order valence-electron chi connectivity index (χ0n) is 22.1. The second kappa shape index (κ2) is 11.0. The number of aromatic hydroxyl groups is 1. The van der Waals surface area contributed by atoms with Crippen molar-refractivity contribution in [1.29, 1.82) is 0 Å². The molecule has 5 rings (SSSR count). The minimum Gasteiger partial charge on any atom is -0.507 e. The predicted octanol–water partition coefficient (Wildman–Crippen LogP) is 5.79. The first-order valence-electron chi connectivity index (χ1n) is 12.6. The lowest BCUT2D eigenvalue weighted by molar-refractivity contribution is 0.255. The summed E-state index contributed by atoms with van der Waals surface area (Å²) in [7, 11) is -0.874. The number of sulfonamides is 1. The zero-order valence-corrected chi connectivity index (χ0v) is 22.9. The molecule has 0 spiro atoms. The van der Waals surface area contributed by atoms with Crippen LogP contribution in [0.25, 0.3) is 0 Å². The number of hydrogen-bond donors (Lipinski definition) is 1. The number of ether oxygens (including phenoxy) is 3. The summed E-state index contributed by atoms with van der Waals surface area (Å²) in [6.07, 6.45) is 0.339. The van der Waals surface area contributed by atoms with Crippen molar-refractivity contribution in [1.82, 2.24) is 4.31 Å². The quantitative estimate of drug-likeness (QED) is 0.302. The van der Waals surface area contributed by atoms with E-state index in [0.29, 0.717) is 35.8 Å². The molecule has 202 valence electrons. The smallest absolute Gasteiger partial charge is 0.243 e. The van der Waals surface area contributed by atoms with Gasteiger partial charge < -0.3 is 19.3 Å². The SMILES string of the molecule is COc1ccc(C2Cc3ccc(OC)c(OCc4ccccc4)c3CN2S(=O)(=O)c2ccc(C)cc2)c(O)c1. The maximum Gasteiger partial charge on any atom is 0.243 e. The first-order chi connectivity index (χ1) is 18.8. The standard InChI is InChI=1S/C31H31NO6S/c1-21-9-13-25(14-10-21)39(34,35)32-19-27-23(17-28(32)26-15-12-24(36-2)18-29(26)33)11-16-30(37-3)31(27)38-20-22-7-5-4-6-8-22/h4-16,18,28,33H,17,19-20H2,1-3H3. The van der Waals surface area contributed by atoms with Crippen LogP contribution in [0.1, 0.15) is 33.9 Å². The summed E-state index contributed by atoms with van der Waals surface area (Å²) < 4.78 is 46.8. The first-order valence-corrected chi connectivity index (χ1v) is 14.1. The van der Waals surface area contributed by atoms with Crippen molar-refractivity contribution in [3.63, 3.8) is 0 Å². The van der Waals surface area contributed by atoms with E-state index in [-0.39, 0.29) is 17.2 Å². The number of hydrogen-bond acceptors (Lipinski definition) is 6. The normalized spacial score (nSPS) is 15.4. The van der Waals surface area contributed by atoms with Gasteiger partial charge in [-0.3, -0.25) is 0 Å². The Morgan fingerprint density at radius 1 is 0.923 bits per heavy atom.